The molecular formula is C20H29F3N4O4S. The molecule has 2 N–H and O–H groups in total. The van der Waals surface area contributed by atoms with Crippen molar-refractivity contribution in [3.05, 3.63) is 24.3 Å². The SMILES string of the molecule is CCN(CC)S(=O)(=O)c1ccc(NC(=O)CN2CCC(C(=O)NCC(F)(F)F)CC2)cc1. The summed E-state index contributed by atoms with van der Waals surface area (Å²) in [6.07, 6.45) is -3.70. The van der Waals surface area contributed by atoms with Crippen molar-refractivity contribution in [1.82, 2.24) is 14.5 Å². The average molecular weight is 479 g/mol. The number of alkyl halides is 3. The number of anilines is 1. The van der Waals surface area contributed by atoms with E-state index >= 15 is 0 Å². The molecule has 32 heavy (non-hydrogen) atoms. The van der Waals surface area contributed by atoms with Gasteiger partial charge in [0.1, 0.15) is 6.54 Å². The smallest absolute Gasteiger partial charge is 0.347 e. The number of amides is 2. The summed E-state index contributed by atoms with van der Waals surface area (Å²) in [5.41, 5.74) is 0.454. The fourth-order valence-corrected chi connectivity index (χ4v) is 4.97. The van der Waals surface area contributed by atoms with Crippen LogP contribution in [0.1, 0.15) is 26.7 Å². The molecule has 1 aliphatic heterocycles. The molecule has 1 aliphatic rings. The maximum Gasteiger partial charge on any atom is 0.405 e. The number of nitrogens with zero attached hydrogens (tertiary/aromatic N) is 2. The van der Waals surface area contributed by atoms with Crippen molar-refractivity contribution in [2.45, 2.75) is 37.8 Å². The third-order valence-electron chi connectivity index (χ3n) is 5.27. The highest BCUT2D eigenvalue weighted by Gasteiger charge is 2.31. The van der Waals surface area contributed by atoms with Crippen LogP contribution in [-0.2, 0) is 19.6 Å². The maximum atomic E-state index is 12.5. The largest absolute Gasteiger partial charge is 0.405 e. The number of nitrogens with one attached hydrogen (secondary N) is 2. The van der Waals surface area contributed by atoms with Crippen LogP contribution >= 0.6 is 0 Å². The second-order valence-electron chi connectivity index (χ2n) is 7.55. The summed E-state index contributed by atoms with van der Waals surface area (Å²) < 4.78 is 63.0. The van der Waals surface area contributed by atoms with E-state index in [4.69, 9.17) is 0 Å². The zero-order valence-electron chi connectivity index (χ0n) is 18.1. The maximum absolute atomic E-state index is 12.5. The minimum Gasteiger partial charge on any atom is -0.347 e. The van der Waals surface area contributed by atoms with Crippen molar-refractivity contribution in [3.63, 3.8) is 0 Å². The van der Waals surface area contributed by atoms with E-state index in [1.807, 2.05) is 10.2 Å². The first-order valence-corrected chi connectivity index (χ1v) is 11.9. The second kappa shape index (κ2) is 11.1. The van der Waals surface area contributed by atoms with E-state index in [0.717, 1.165) is 0 Å². The highest BCUT2D eigenvalue weighted by Crippen LogP contribution is 2.20. The van der Waals surface area contributed by atoms with Crippen LogP contribution in [0.4, 0.5) is 18.9 Å². The molecule has 1 aromatic rings. The van der Waals surface area contributed by atoms with E-state index in [-0.39, 0.29) is 17.3 Å². The number of benzene rings is 1. The molecule has 0 unspecified atom stereocenters. The van der Waals surface area contributed by atoms with E-state index in [0.29, 0.717) is 44.7 Å². The zero-order valence-corrected chi connectivity index (χ0v) is 18.9. The molecule has 2 amide bonds. The number of rotatable bonds is 9. The lowest BCUT2D eigenvalue weighted by Gasteiger charge is -2.30. The van der Waals surface area contributed by atoms with Crippen LogP contribution in [0.2, 0.25) is 0 Å². The molecule has 0 radical (unpaired) electrons. The molecule has 12 heteroatoms. The van der Waals surface area contributed by atoms with E-state index in [1.54, 1.807) is 13.8 Å². The summed E-state index contributed by atoms with van der Waals surface area (Å²) in [4.78, 5) is 26.1. The lowest BCUT2D eigenvalue weighted by molar-refractivity contribution is -0.141. The van der Waals surface area contributed by atoms with Crippen LogP contribution in [0.5, 0.6) is 0 Å². The van der Waals surface area contributed by atoms with Gasteiger partial charge in [-0.3, -0.25) is 14.5 Å². The Kier molecular flexibility index (Phi) is 9.05. The molecule has 0 atom stereocenters. The quantitative estimate of drug-likeness (QED) is 0.566. The van der Waals surface area contributed by atoms with Crippen LogP contribution < -0.4 is 10.6 Å². The molecule has 0 aliphatic carbocycles. The predicted molar refractivity (Wildman–Crippen MR) is 113 cm³/mol. The van der Waals surface area contributed by atoms with Crippen LogP contribution in [0.15, 0.2) is 29.2 Å². The number of hydrogen-bond donors (Lipinski definition) is 2. The Morgan fingerprint density at radius 2 is 1.66 bits per heavy atom. The fourth-order valence-electron chi connectivity index (χ4n) is 3.51. The Labute approximate surface area is 186 Å². The number of carbonyl (C=O) groups excluding carboxylic acids is 2. The van der Waals surface area contributed by atoms with Gasteiger partial charge in [-0.15, -0.1) is 0 Å². The Hall–Kier alpha value is -2.18. The molecule has 0 bridgehead atoms. The summed E-state index contributed by atoms with van der Waals surface area (Å²) in [5.74, 6) is -1.42. The Balaban J connectivity index is 1.82. The number of carbonyl (C=O) groups is 2. The van der Waals surface area contributed by atoms with Gasteiger partial charge >= 0.3 is 6.18 Å². The first-order valence-electron chi connectivity index (χ1n) is 10.4. The van der Waals surface area contributed by atoms with Crippen molar-refractivity contribution >= 4 is 27.5 Å². The molecule has 0 spiro atoms. The highest BCUT2D eigenvalue weighted by molar-refractivity contribution is 7.89. The monoisotopic (exact) mass is 478 g/mol. The van der Waals surface area contributed by atoms with Gasteiger partial charge in [-0.25, -0.2) is 8.42 Å². The third kappa shape index (κ3) is 7.45. The Morgan fingerprint density at radius 1 is 1.09 bits per heavy atom. The fraction of sp³-hybridized carbons (Fsp3) is 0.600. The van der Waals surface area contributed by atoms with Crippen LogP contribution in [0.25, 0.3) is 0 Å². The van der Waals surface area contributed by atoms with Gasteiger partial charge in [-0.1, -0.05) is 13.8 Å². The first kappa shape index (κ1) is 26.1. The van der Waals surface area contributed by atoms with Gasteiger partial charge in [0.25, 0.3) is 0 Å². The van der Waals surface area contributed by atoms with Crippen LogP contribution in [0.3, 0.4) is 0 Å². The van der Waals surface area contributed by atoms with E-state index in [9.17, 15) is 31.2 Å². The predicted octanol–water partition coefficient (Wildman–Crippen LogP) is 2.05. The van der Waals surface area contributed by atoms with Crippen molar-refractivity contribution in [2.75, 3.05) is 44.6 Å². The van der Waals surface area contributed by atoms with Crippen molar-refractivity contribution in [2.24, 2.45) is 5.92 Å². The van der Waals surface area contributed by atoms with Gasteiger partial charge in [0.2, 0.25) is 21.8 Å². The van der Waals surface area contributed by atoms with Gasteiger partial charge < -0.3 is 10.6 Å². The topological polar surface area (TPSA) is 98.8 Å². The molecule has 0 saturated carbocycles. The lowest BCUT2D eigenvalue weighted by Crippen LogP contribution is -2.44. The van der Waals surface area contributed by atoms with Crippen molar-refractivity contribution in [1.29, 1.82) is 0 Å². The summed E-state index contributed by atoms with van der Waals surface area (Å²) in [7, 11) is -3.58. The van der Waals surface area contributed by atoms with Gasteiger partial charge in [-0.05, 0) is 50.2 Å². The Morgan fingerprint density at radius 3 is 2.16 bits per heavy atom. The van der Waals surface area contributed by atoms with Gasteiger partial charge in [0.05, 0.1) is 11.4 Å². The van der Waals surface area contributed by atoms with Crippen LogP contribution in [0, 0.1) is 5.92 Å². The number of piperidine rings is 1. The standard InChI is InChI=1S/C20H29F3N4O4S/c1-3-27(4-2)32(30,31)17-7-5-16(6-8-17)25-18(28)13-26-11-9-15(10-12-26)19(29)24-14-20(21,22)23/h5-8,15H,3-4,9-14H2,1-2H3,(H,24,29)(H,25,28). The second-order valence-corrected chi connectivity index (χ2v) is 9.48. The van der Waals surface area contributed by atoms with E-state index in [1.165, 1.54) is 28.6 Å². The number of likely N-dealkylation sites (tertiary alicyclic amines) is 1. The molecule has 1 fully saturated rings. The zero-order chi connectivity index (χ0) is 23.9. The molecule has 8 nitrogen and oxygen atoms in total. The molecule has 1 aromatic carbocycles. The Bertz CT molecular complexity index is 879. The highest BCUT2D eigenvalue weighted by atomic mass is 32.2. The average Bonchev–Trinajstić information content (AvgIpc) is 2.73. The minimum absolute atomic E-state index is 0.0659. The molecule has 0 aromatic heterocycles. The molecule has 2 rings (SSSR count). The molecule has 1 saturated heterocycles. The first-order chi connectivity index (χ1) is 15.0. The lowest BCUT2D eigenvalue weighted by atomic mass is 9.96. The summed E-state index contributed by atoms with van der Waals surface area (Å²) in [6.45, 7) is 3.79. The van der Waals surface area contributed by atoms with Gasteiger partial charge in [0, 0.05) is 24.7 Å². The normalized spacial score (nSPS) is 16.2. The van der Waals surface area contributed by atoms with Gasteiger partial charge in [0.15, 0.2) is 0 Å². The molecular weight excluding hydrogens is 449 g/mol. The van der Waals surface area contributed by atoms with E-state index < -0.39 is 34.6 Å². The van der Waals surface area contributed by atoms with Crippen LogP contribution in [-0.4, -0.2) is 74.9 Å². The number of halogens is 3. The summed E-state index contributed by atoms with van der Waals surface area (Å²) >= 11 is 0. The van der Waals surface area contributed by atoms with E-state index in [2.05, 4.69) is 5.32 Å². The third-order valence-corrected chi connectivity index (χ3v) is 7.33. The van der Waals surface area contributed by atoms with Gasteiger partial charge in [-0.2, -0.15) is 17.5 Å². The molecule has 1 heterocycles. The summed E-state index contributed by atoms with van der Waals surface area (Å²) in [6, 6.07) is 5.92. The minimum atomic E-state index is -4.44. The summed E-state index contributed by atoms with van der Waals surface area (Å²) in [5, 5.41) is 4.61. The molecule has 180 valence electrons. The van der Waals surface area contributed by atoms with Crippen molar-refractivity contribution < 1.29 is 31.2 Å². The number of sulfonamides is 1. The van der Waals surface area contributed by atoms with Crippen molar-refractivity contribution in [3.8, 4) is 0 Å². The number of hydrogen-bond acceptors (Lipinski definition) is 5.